The molecule has 0 aromatic heterocycles. The number of halogens is 2. The van der Waals surface area contributed by atoms with Crippen LogP contribution in [0, 0.1) is 0 Å². The van der Waals surface area contributed by atoms with E-state index >= 15 is 0 Å². The molecule has 190 valence electrons. The molecule has 0 aliphatic rings. The highest BCUT2D eigenvalue weighted by molar-refractivity contribution is 7.92. The molecular formula is C26H27Cl2N3O4S. The van der Waals surface area contributed by atoms with Crippen molar-refractivity contribution < 1.29 is 18.0 Å². The number of nitrogens with zero attached hydrogens (tertiary/aromatic N) is 2. The van der Waals surface area contributed by atoms with Crippen molar-refractivity contribution in [3.8, 4) is 0 Å². The molecular weight excluding hydrogens is 521 g/mol. The Balaban J connectivity index is 2.03. The van der Waals surface area contributed by atoms with Crippen LogP contribution in [0.15, 0.2) is 78.9 Å². The van der Waals surface area contributed by atoms with Gasteiger partial charge < -0.3 is 10.2 Å². The standard InChI is InChI=1S/C26H27Cl2N3O4S/c1-29-26(33)23(16-19-10-5-3-6-11-19)30(17-20-12-7-4-8-13-20)24(32)18-31(36(2,34)35)22-15-9-14-21(27)25(22)28/h3-15,23H,16-18H2,1-2H3,(H,29,33). The predicted octanol–water partition coefficient (Wildman–Crippen LogP) is 4.15. The largest absolute Gasteiger partial charge is 0.357 e. The summed E-state index contributed by atoms with van der Waals surface area (Å²) in [6.45, 7) is -0.459. The number of amides is 2. The van der Waals surface area contributed by atoms with Crippen molar-refractivity contribution in [3.05, 3.63) is 100 Å². The number of carbonyl (C=O) groups excluding carboxylic acids is 2. The number of rotatable bonds is 10. The SMILES string of the molecule is CNC(=O)C(Cc1ccccc1)N(Cc1ccccc1)C(=O)CN(c1cccc(Cl)c1Cl)S(C)(=O)=O. The van der Waals surface area contributed by atoms with Crippen molar-refractivity contribution in [1.82, 2.24) is 10.2 Å². The van der Waals surface area contributed by atoms with Gasteiger partial charge in [-0.15, -0.1) is 0 Å². The summed E-state index contributed by atoms with van der Waals surface area (Å²) in [6, 6.07) is 22.2. The first-order valence-corrected chi connectivity index (χ1v) is 13.7. The number of nitrogens with one attached hydrogen (secondary N) is 1. The second-order valence-corrected chi connectivity index (χ2v) is 10.9. The van der Waals surface area contributed by atoms with Crippen LogP contribution in [0.2, 0.25) is 10.0 Å². The van der Waals surface area contributed by atoms with E-state index in [1.165, 1.54) is 24.1 Å². The summed E-state index contributed by atoms with van der Waals surface area (Å²) in [4.78, 5) is 28.2. The zero-order valence-corrected chi connectivity index (χ0v) is 22.2. The first-order valence-electron chi connectivity index (χ1n) is 11.1. The van der Waals surface area contributed by atoms with Gasteiger partial charge in [-0.3, -0.25) is 13.9 Å². The van der Waals surface area contributed by atoms with E-state index < -0.39 is 28.5 Å². The van der Waals surface area contributed by atoms with Gasteiger partial charge in [0.2, 0.25) is 21.8 Å². The Hall–Kier alpha value is -3.07. The molecule has 1 N–H and O–H groups in total. The summed E-state index contributed by atoms with van der Waals surface area (Å²) in [5.41, 5.74) is 1.73. The Morgan fingerprint density at radius 3 is 2.03 bits per heavy atom. The van der Waals surface area contributed by atoms with Crippen molar-refractivity contribution in [2.75, 3.05) is 24.2 Å². The number of likely N-dealkylation sites (N-methyl/N-ethyl adjacent to an activating group) is 1. The Bertz CT molecular complexity index is 1310. The molecule has 10 heteroatoms. The van der Waals surface area contributed by atoms with E-state index in [0.717, 1.165) is 21.7 Å². The molecule has 0 saturated carbocycles. The van der Waals surface area contributed by atoms with E-state index in [9.17, 15) is 18.0 Å². The Labute approximate surface area is 221 Å². The molecule has 1 unspecified atom stereocenters. The zero-order chi connectivity index (χ0) is 26.3. The zero-order valence-electron chi connectivity index (χ0n) is 19.9. The van der Waals surface area contributed by atoms with Gasteiger partial charge in [0, 0.05) is 20.0 Å². The van der Waals surface area contributed by atoms with Crippen LogP contribution in [0.5, 0.6) is 0 Å². The van der Waals surface area contributed by atoms with Gasteiger partial charge in [-0.2, -0.15) is 0 Å². The second kappa shape index (κ2) is 12.3. The van der Waals surface area contributed by atoms with Crippen LogP contribution in [0.3, 0.4) is 0 Å². The predicted molar refractivity (Wildman–Crippen MR) is 144 cm³/mol. The van der Waals surface area contributed by atoms with Crippen LogP contribution in [-0.2, 0) is 32.6 Å². The summed E-state index contributed by atoms with van der Waals surface area (Å²) in [5.74, 6) is -0.931. The Morgan fingerprint density at radius 2 is 1.47 bits per heavy atom. The van der Waals surface area contributed by atoms with Crippen LogP contribution in [0.4, 0.5) is 5.69 Å². The number of benzene rings is 3. The molecule has 7 nitrogen and oxygen atoms in total. The number of anilines is 1. The average molecular weight is 548 g/mol. The first-order chi connectivity index (χ1) is 17.1. The first kappa shape index (κ1) is 27.5. The van der Waals surface area contributed by atoms with Crippen molar-refractivity contribution in [3.63, 3.8) is 0 Å². The fourth-order valence-electron chi connectivity index (χ4n) is 3.78. The third-order valence-corrected chi connectivity index (χ3v) is 7.53. The summed E-state index contributed by atoms with van der Waals surface area (Å²) in [5, 5.41) is 2.80. The molecule has 0 radical (unpaired) electrons. The molecule has 0 aliphatic carbocycles. The van der Waals surface area contributed by atoms with Gasteiger partial charge >= 0.3 is 0 Å². The van der Waals surface area contributed by atoms with Crippen molar-refractivity contribution >= 4 is 50.7 Å². The normalized spacial score (nSPS) is 12.0. The molecule has 0 aliphatic heterocycles. The number of carbonyl (C=O) groups is 2. The molecule has 0 saturated heterocycles. The highest BCUT2D eigenvalue weighted by Crippen LogP contribution is 2.33. The van der Waals surface area contributed by atoms with Gasteiger partial charge in [0.05, 0.1) is 22.0 Å². The van der Waals surface area contributed by atoms with Crippen molar-refractivity contribution in [2.24, 2.45) is 0 Å². The molecule has 3 aromatic rings. The van der Waals surface area contributed by atoms with Crippen molar-refractivity contribution in [1.29, 1.82) is 0 Å². The highest BCUT2D eigenvalue weighted by atomic mass is 35.5. The topological polar surface area (TPSA) is 86.8 Å². The van der Waals surface area contributed by atoms with Crippen LogP contribution in [0.25, 0.3) is 0 Å². The maximum atomic E-state index is 13.8. The molecule has 1 atom stereocenters. The van der Waals surface area contributed by atoms with Crippen LogP contribution >= 0.6 is 23.2 Å². The molecule has 0 heterocycles. The van der Waals surface area contributed by atoms with Crippen LogP contribution in [0.1, 0.15) is 11.1 Å². The Morgan fingerprint density at radius 1 is 0.889 bits per heavy atom. The average Bonchev–Trinajstić information content (AvgIpc) is 2.86. The molecule has 36 heavy (non-hydrogen) atoms. The van der Waals surface area contributed by atoms with Gasteiger partial charge in [0.25, 0.3) is 0 Å². The maximum Gasteiger partial charge on any atom is 0.244 e. The number of sulfonamides is 1. The summed E-state index contributed by atoms with van der Waals surface area (Å²) in [6.07, 6.45) is 1.23. The van der Waals surface area contributed by atoms with Gasteiger partial charge in [-0.05, 0) is 23.3 Å². The second-order valence-electron chi connectivity index (χ2n) is 8.17. The van der Waals surface area contributed by atoms with Gasteiger partial charge in [-0.25, -0.2) is 8.42 Å². The monoisotopic (exact) mass is 547 g/mol. The summed E-state index contributed by atoms with van der Waals surface area (Å²) >= 11 is 12.4. The van der Waals surface area contributed by atoms with E-state index in [1.54, 1.807) is 6.07 Å². The van der Waals surface area contributed by atoms with E-state index in [2.05, 4.69) is 5.32 Å². The number of hydrogen-bond donors (Lipinski definition) is 1. The van der Waals surface area contributed by atoms with Crippen LogP contribution in [-0.4, -0.2) is 51.0 Å². The quantitative estimate of drug-likeness (QED) is 0.413. The van der Waals surface area contributed by atoms with Crippen molar-refractivity contribution in [2.45, 2.75) is 19.0 Å². The third-order valence-electron chi connectivity index (χ3n) is 5.59. The van der Waals surface area contributed by atoms with E-state index in [-0.39, 0.29) is 34.6 Å². The minimum Gasteiger partial charge on any atom is -0.357 e. The maximum absolute atomic E-state index is 13.8. The van der Waals surface area contributed by atoms with Gasteiger partial charge in [0.15, 0.2) is 0 Å². The Kier molecular flexibility index (Phi) is 9.37. The fourth-order valence-corrected chi connectivity index (χ4v) is 5.08. The van der Waals surface area contributed by atoms with Gasteiger partial charge in [-0.1, -0.05) is 89.9 Å². The lowest BCUT2D eigenvalue weighted by molar-refractivity contribution is -0.139. The molecule has 0 bridgehead atoms. The molecule has 0 spiro atoms. The minimum absolute atomic E-state index is 0.0131. The van der Waals surface area contributed by atoms with E-state index in [0.29, 0.717) is 0 Å². The lowest BCUT2D eigenvalue weighted by Crippen LogP contribution is -2.52. The number of hydrogen-bond acceptors (Lipinski definition) is 4. The van der Waals surface area contributed by atoms with E-state index in [1.807, 2.05) is 60.7 Å². The van der Waals surface area contributed by atoms with Crippen LogP contribution < -0.4 is 9.62 Å². The fraction of sp³-hybridized carbons (Fsp3) is 0.231. The lowest BCUT2D eigenvalue weighted by Gasteiger charge is -2.33. The minimum atomic E-state index is -3.93. The lowest BCUT2D eigenvalue weighted by atomic mass is 10.0. The molecule has 2 amide bonds. The van der Waals surface area contributed by atoms with E-state index in [4.69, 9.17) is 23.2 Å². The molecule has 0 fully saturated rings. The smallest absolute Gasteiger partial charge is 0.244 e. The molecule has 3 aromatic carbocycles. The summed E-state index contributed by atoms with van der Waals surface area (Å²) in [7, 11) is -2.43. The summed E-state index contributed by atoms with van der Waals surface area (Å²) < 4.78 is 26.4. The van der Waals surface area contributed by atoms with Gasteiger partial charge in [0.1, 0.15) is 12.6 Å². The molecule has 3 rings (SSSR count). The highest BCUT2D eigenvalue weighted by Gasteiger charge is 2.33. The third kappa shape index (κ3) is 7.00.